The molecule has 1 aromatic carbocycles. The fraction of sp³-hybridized carbons (Fsp3) is 0.500. The average molecular weight is 345 g/mol. The molecule has 1 aromatic heterocycles. The largest absolute Gasteiger partial charge is 0.494 e. The van der Waals surface area contributed by atoms with E-state index in [4.69, 9.17) is 14.0 Å². The summed E-state index contributed by atoms with van der Waals surface area (Å²) in [6.45, 7) is 4.82. The Hall–Kier alpha value is -2.41. The van der Waals surface area contributed by atoms with Crippen molar-refractivity contribution in [2.24, 2.45) is 5.92 Å². The number of hydrogen-bond acceptors (Lipinski definition) is 7. The SMILES string of the molecule is CCOc1ccc(-c2noc(CN3CCC(C(=O)OC)CC3)n2)cc1. The zero-order valence-electron chi connectivity index (χ0n) is 14.6. The van der Waals surface area contributed by atoms with Crippen molar-refractivity contribution in [3.8, 4) is 17.1 Å². The molecule has 0 amide bonds. The Kier molecular flexibility index (Phi) is 5.65. The fourth-order valence-corrected chi connectivity index (χ4v) is 2.99. The van der Waals surface area contributed by atoms with E-state index >= 15 is 0 Å². The maximum Gasteiger partial charge on any atom is 0.308 e. The van der Waals surface area contributed by atoms with Crippen molar-refractivity contribution in [3.05, 3.63) is 30.2 Å². The number of ether oxygens (including phenoxy) is 2. The number of likely N-dealkylation sites (tertiary alicyclic amines) is 1. The van der Waals surface area contributed by atoms with Crippen LogP contribution in [0.1, 0.15) is 25.7 Å². The molecule has 1 aliphatic heterocycles. The van der Waals surface area contributed by atoms with Crippen molar-refractivity contribution in [2.75, 3.05) is 26.8 Å². The van der Waals surface area contributed by atoms with E-state index in [1.165, 1.54) is 7.11 Å². The first-order valence-electron chi connectivity index (χ1n) is 8.55. The maximum atomic E-state index is 11.6. The number of rotatable bonds is 6. The third-order valence-corrected chi connectivity index (χ3v) is 4.37. The summed E-state index contributed by atoms with van der Waals surface area (Å²) in [4.78, 5) is 18.3. The second-order valence-corrected chi connectivity index (χ2v) is 6.04. The Balaban J connectivity index is 1.56. The Labute approximate surface area is 146 Å². The molecular formula is C18H23N3O4. The van der Waals surface area contributed by atoms with Crippen molar-refractivity contribution in [1.29, 1.82) is 0 Å². The third kappa shape index (κ3) is 4.36. The van der Waals surface area contributed by atoms with Crippen LogP contribution in [0, 0.1) is 5.92 Å². The molecule has 1 aliphatic rings. The third-order valence-electron chi connectivity index (χ3n) is 4.37. The van der Waals surface area contributed by atoms with Crippen LogP contribution in [0.3, 0.4) is 0 Å². The lowest BCUT2D eigenvalue weighted by Crippen LogP contribution is -2.36. The Bertz CT molecular complexity index is 691. The van der Waals surface area contributed by atoms with Gasteiger partial charge < -0.3 is 14.0 Å². The van der Waals surface area contributed by atoms with E-state index in [1.54, 1.807) is 0 Å². The number of esters is 1. The lowest BCUT2D eigenvalue weighted by molar-refractivity contribution is -0.147. The highest BCUT2D eigenvalue weighted by molar-refractivity contribution is 5.72. The van der Waals surface area contributed by atoms with Gasteiger partial charge in [0.1, 0.15) is 5.75 Å². The number of carbonyl (C=O) groups excluding carboxylic acids is 1. The van der Waals surface area contributed by atoms with E-state index in [-0.39, 0.29) is 11.9 Å². The lowest BCUT2D eigenvalue weighted by atomic mass is 9.97. The van der Waals surface area contributed by atoms with E-state index in [9.17, 15) is 4.79 Å². The van der Waals surface area contributed by atoms with Crippen LogP contribution in [0.5, 0.6) is 5.75 Å². The molecule has 2 aromatic rings. The number of methoxy groups -OCH3 is 1. The van der Waals surface area contributed by atoms with Gasteiger partial charge in [-0.2, -0.15) is 4.98 Å². The van der Waals surface area contributed by atoms with E-state index in [0.29, 0.717) is 24.9 Å². The molecule has 1 saturated heterocycles. The van der Waals surface area contributed by atoms with Gasteiger partial charge in [0.2, 0.25) is 11.7 Å². The Morgan fingerprint density at radius 2 is 2.00 bits per heavy atom. The molecule has 0 radical (unpaired) electrons. The highest BCUT2D eigenvalue weighted by Gasteiger charge is 2.26. The van der Waals surface area contributed by atoms with Crippen LogP contribution < -0.4 is 4.74 Å². The highest BCUT2D eigenvalue weighted by Crippen LogP contribution is 2.22. The maximum absolute atomic E-state index is 11.6. The van der Waals surface area contributed by atoms with Gasteiger partial charge in [-0.25, -0.2) is 0 Å². The van der Waals surface area contributed by atoms with Crippen LogP contribution in [0.4, 0.5) is 0 Å². The van der Waals surface area contributed by atoms with Crippen LogP contribution >= 0.6 is 0 Å². The summed E-state index contributed by atoms with van der Waals surface area (Å²) in [5, 5.41) is 4.06. The number of hydrogen-bond donors (Lipinski definition) is 0. The molecule has 0 bridgehead atoms. The molecule has 134 valence electrons. The monoisotopic (exact) mass is 345 g/mol. The number of piperidine rings is 1. The predicted octanol–water partition coefficient (Wildman–Crippen LogP) is 2.52. The molecule has 7 heteroatoms. The summed E-state index contributed by atoms with van der Waals surface area (Å²) < 4.78 is 15.6. The number of carbonyl (C=O) groups is 1. The molecule has 25 heavy (non-hydrogen) atoms. The van der Waals surface area contributed by atoms with Crippen LogP contribution in [0.2, 0.25) is 0 Å². The van der Waals surface area contributed by atoms with Crippen LogP contribution in [-0.4, -0.2) is 47.8 Å². The van der Waals surface area contributed by atoms with Gasteiger partial charge in [0, 0.05) is 5.56 Å². The van der Waals surface area contributed by atoms with E-state index in [1.807, 2.05) is 31.2 Å². The van der Waals surface area contributed by atoms with Crippen LogP contribution in [0.25, 0.3) is 11.4 Å². The smallest absolute Gasteiger partial charge is 0.308 e. The molecule has 0 N–H and O–H groups in total. The summed E-state index contributed by atoms with van der Waals surface area (Å²) in [5.41, 5.74) is 0.892. The van der Waals surface area contributed by atoms with Gasteiger partial charge in [0.05, 0.1) is 26.2 Å². The molecule has 1 fully saturated rings. The van der Waals surface area contributed by atoms with Crippen LogP contribution in [-0.2, 0) is 16.1 Å². The zero-order chi connectivity index (χ0) is 17.6. The van der Waals surface area contributed by atoms with Gasteiger partial charge in [-0.1, -0.05) is 5.16 Å². The first-order chi connectivity index (χ1) is 12.2. The Morgan fingerprint density at radius 1 is 1.28 bits per heavy atom. The number of aromatic nitrogens is 2. The molecule has 0 spiro atoms. The molecule has 0 atom stereocenters. The fourth-order valence-electron chi connectivity index (χ4n) is 2.99. The summed E-state index contributed by atoms with van der Waals surface area (Å²) in [6.07, 6.45) is 1.60. The summed E-state index contributed by atoms with van der Waals surface area (Å²) in [5.74, 6) is 1.87. The number of benzene rings is 1. The number of nitrogens with zero attached hydrogens (tertiary/aromatic N) is 3. The summed E-state index contributed by atoms with van der Waals surface area (Å²) >= 11 is 0. The van der Waals surface area contributed by atoms with Gasteiger partial charge in [-0.15, -0.1) is 0 Å². The standard InChI is InChI=1S/C18H23N3O4/c1-3-24-15-6-4-13(5-7-15)17-19-16(25-20-17)12-21-10-8-14(9-11-21)18(22)23-2/h4-7,14H,3,8-12H2,1-2H3. The normalized spacial score (nSPS) is 15.9. The molecule has 0 unspecified atom stereocenters. The van der Waals surface area contributed by atoms with E-state index in [2.05, 4.69) is 15.0 Å². The molecule has 0 saturated carbocycles. The minimum Gasteiger partial charge on any atom is -0.494 e. The van der Waals surface area contributed by atoms with Gasteiger partial charge in [0.25, 0.3) is 0 Å². The average Bonchev–Trinajstić information content (AvgIpc) is 3.11. The summed E-state index contributed by atoms with van der Waals surface area (Å²) in [6, 6.07) is 7.63. The van der Waals surface area contributed by atoms with Crippen LogP contribution in [0.15, 0.2) is 28.8 Å². The predicted molar refractivity (Wildman–Crippen MR) is 90.9 cm³/mol. The van der Waals surface area contributed by atoms with Gasteiger partial charge in [-0.3, -0.25) is 9.69 Å². The van der Waals surface area contributed by atoms with Crippen molar-refractivity contribution in [1.82, 2.24) is 15.0 Å². The summed E-state index contributed by atoms with van der Waals surface area (Å²) in [7, 11) is 1.44. The lowest BCUT2D eigenvalue weighted by Gasteiger charge is -2.29. The van der Waals surface area contributed by atoms with Crippen molar-refractivity contribution >= 4 is 5.97 Å². The van der Waals surface area contributed by atoms with Crippen molar-refractivity contribution < 1.29 is 18.8 Å². The Morgan fingerprint density at radius 3 is 2.64 bits per heavy atom. The molecule has 2 heterocycles. The minimum atomic E-state index is -0.116. The molecule has 3 rings (SSSR count). The highest BCUT2D eigenvalue weighted by atomic mass is 16.5. The van der Waals surface area contributed by atoms with Gasteiger partial charge in [0.15, 0.2) is 0 Å². The minimum absolute atomic E-state index is 0.00310. The van der Waals surface area contributed by atoms with E-state index in [0.717, 1.165) is 37.2 Å². The molecule has 0 aliphatic carbocycles. The molecular weight excluding hydrogens is 322 g/mol. The first kappa shape index (κ1) is 17.4. The first-order valence-corrected chi connectivity index (χ1v) is 8.55. The topological polar surface area (TPSA) is 77.7 Å². The van der Waals surface area contributed by atoms with Crippen molar-refractivity contribution in [2.45, 2.75) is 26.3 Å². The van der Waals surface area contributed by atoms with Gasteiger partial charge in [-0.05, 0) is 57.1 Å². The zero-order valence-corrected chi connectivity index (χ0v) is 14.6. The second kappa shape index (κ2) is 8.11. The van der Waals surface area contributed by atoms with Crippen molar-refractivity contribution in [3.63, 3.8) is 0 Å². The quantitative estimate of drug-likeness (QED) is 0.744. The van der Waals surface area contributed by atoms with E-state index < -0.39 is 0 Å². The second-order valence-electron chi connectivity index (χ2n) is 6.04. The van der Waals surface area contributed by atoms with Gasteiger partial charge >= 0.3 is 5.97 Å². The molecule has 7 nitrogen and oxygen atoms in total.